The summed E-state index contributed by atoms with van der Waals surface area (Å²) in [6, 6.07) is 3.77. The Balaban J connectivity index is 2.04. The Morgan fingerprint density at radius 1 is 1.20 bits per heavy atom. The van der Waals surface area contributed by atoms with E-state index in [9.17, 15) is 9.18 Å². The minimum Gasteiger partial charge on any atom is -0.490 e. The second-order valence-electron chi connectivity index (χ2n) is 4.21. The second kappa shape index (κ2) is 4.84. The SMILES string of the molecule is O=C(O)c1cc(-c2cc3c(cc2F)OCCCO3)on1. The molecule has 0 atom stereocenters. The van der Waals surface area contributed by atoms with Crippen molar-refractivity contribution < 1.29 is 28.3 Å². The van der Waals surface area contributed by atoms with E-state index in [-0.39, 0.29) is 17.0 Å². The van der Waals surface area contributed by atoms with Gasteiger partial charge in [0.25, 0.3) is 0 Å². The molecule has 0 fully saturated rings. The number of ether oxygens (including phenoxy) is 2. The number of aromatic nitrogens is 1. The van der Waals surface area contributed by atoms with Crippen LogP contribution in [0.1, 0.15) is 16.9 Å². The predicted molar refractivity (Wildman–Crippen MR) is 64.5 cm³/mol. The number of hydrogen-bond acceptors (Lipinski definition) is 5. The van der Waals surface area contributed by atoms with Gasteiger partial charge in [0.1, 0.15) is 5.82 Å². The van der Waals surface area contributed by atoms with Crippen molar-refractivity contribution in [3.05, 3.63) is 29.7 Å². The molecule has 0 aliphatic carbocycles. The van der Waals surface area contributed by atoms with Gasteiger partial charge in [0.2, 0.25) is 0 Å². The van der Waals surface area contributed by atoms with E-state index in [1.807, 2.05) is 0 Å². The fourth-order valence-electron chi connectivity index (χ4n) is 1.88. The zero-order chi connectivity index (χ0) is 14.1. The van der Waals surface area contributed by atoms with Gasteiger partial charge in [0.05, 0.1) is 18.8 Å². The van der Waals surface area contributed by atoms with E-state index < -0.39 is 11.8 Å². The molecule has 3 rings (SSSR count). The Hall–Kier alpha value is -2.57. The number of halogens is 1. The third-order valence-electron chi connectivity index (χ3n) is 2.83. The monoisotopic (exact) mass is 279 g/mol. The fraction of sp³-hybridized carbons (Fsp3) is 0.231. The molecule has 7 heteroatoms. The van der Waals surface area contributed by atoms with E-state index in [1.165, 1.54) is 12.1 Å². The summed E-state index contributed by atoms with van der Waals surface area (Å²) in [5.74, 6) is -1.10. The topological polar surface area (TPSA) is 81.8 Å². The first-order valence-electron chi connectivity index (χ1n) is 5.94. The van der Waals surface area contributed by atoms with Crippen molar-refractivity contribution in [2.75, 3.05) is 13.2 Å². The Labute approximate surface area is 112 Å². The van der Waals surface area contributed by atoms with E-state index in [2.05, 4.69) is 5.16 Å². The van der Waals surface area contributed by atoms with Crippen LogP contribution in [0.4, 0.5) is 4.39 Å². The highest BCUT2D eigenvalue weighted by Crippen LogP contribution is 2.36. The summed E-state index contributed by atoms with van der Waals surface area (Å²) in [6.07, 6.45) is 0.705. The van der Waals surface area contributed by atoms with Gasteiger partial charge in [0, 0.05) is 18.6 Å². The van der Waals surface area contributed by atoms with Crippen LogP contribution >= 0.6 is 0 Å². The molecular weight excluding hydrogens is 269 g/mol. The Morgan fingerprint density at radius 2 is 1.90 bits per heavy atom. The van der Waals surface area contributed by atoms with E-state index in [4.69, 9.17) is 19.1 Å². The lowest BCUT2D eigenvalue weighted by molar-refractivity contribution is 0.0686. The third-order valence-corrected chi connectivity index (χ3v) is 2.83. The number of rotatable bonds is 2. The molecule has 1 aliphatic rings. The van der Waals surface area contributed by atoms with Gasteiger partial charge in [-0.2, -0.15) is 0 Å². The van der Waals surface area contributed by atoms with Crippen LogP contribution in [0.3, 0.4) is 0 Å². The first-order valence-corrected chi connectivity index (χ1v) is 5.94. The number of fused-ring (bicyclic) bond motifs is 1. The molecule has 0 spiro atoms. The molecule has 0 saturated heterocycles. The fourth-order valence-corrected chi connectivity index (χ4v) is 1.88. The molecule has 0 radical (unpaired) electrons. The highest BCUT2D eigenvalue weighted by Gasteiger charge is 2.20. The molecule has 1 aromatic carbocycles. The van der Waals surface area contributed by atoms with E-state index in [1.54, 1.807) is 0 Å². The Morgan fingerprint density at radius 3 is 2.55 bits per heavy atom. The van der Waals surface area contributed by atoms with Gasteiger partial charge in [-0.05, 0) is 6.07 Å². The van der Waals surface area contributed by atoms with Gasteiger partial charge in [-0.1, -0.05) is 5.16 Å². The van der Waals surface area contributed by atoms with Crippen molar-refractivity contribution in [1.82, 2.24) is 5.16 Å². The largest absolute Gasteiger partial charge is 0.490 e. The molecule has 6 nitrogen and oxygen atoms in total. The average molecular weight is 279 g/mol. The molecule has 2 aromatic rings. The zero-order valence-corrected chi connectivity index (χ0v) is 10.3. The molecule has 0 unspecified atom stereocenters. The minimum absolute atomic E-state index is 0.0237. The first-order chi connectivity index (χ1) is 9.65. The van der Waals surface area contributed by atoms with Crippen LogP contribution in [0.5, 0.6) is 11.5 Å². The number of carboxylic acid groups (broad SMARTS) is 1. The van der Waals surface area contributed by atoms with Crippen molar-refractivity contribution in [2.24, 2.45) is 0 Å². The van der Waals surface area contributed by atoms with Gasteiger partial charge in [-0.15, -0.1) is 0 Å². The highest BCUT2D eigenvalue weighted by molar-refractivity contribution is 5.86. The average Bonchev–Trinajstić information content (AvgIpc) is 2.79. The summed E-state index contributed by atoms with van der Waals surface area (Å²) < 4.78 is 29.7. The molecule has 1 aromatic heterocycles. The number of hydrogen-bond donors (Lipinski definition) is 1. The molecule has 1 aliphatic heterocycles. The van der Waals surface area contributed by atoms with Crippen LogP contribution in [0, 0.1) is 5.82 Å². The summed E-state index contributed by atoms with van der Waals surface area (Å²) in [6.45, 7) is 0.923. The lowest BCUT2D eigenvalue weighted by Gasteiger charge is -2.08. The first kappa shape index (κ1) is 12.5. The van der Waals surface area contributed by atoms with Gasteiger partial charge in [-0.25, -0.2) is 9.18 Å². The smallest absolute Gasteiger partial charge is 0.358 e. The lowest BCUT2D eigenvalue weighted by atomic mass is 10.1. The van der Waals surface area contributed by atoms with Crippen LogP contribution in [0.25, 0.3) is 11.3 Å². The summed E-state index contributed by atoms with van der Waals surface area (Å²) in [7, 11) is 0. The van der Waals surface area contributed by atoms with Crippen molar-refractivity contribution in [2.45, 2.75) is 6.42 Å². The molecule has 20 heavy (non-hydrogen) atoms. The number of carboxylic acids is 1. The number of aromatic carboxylic acids is 1. The van der Waals surface area contributed by atoms with E-state index in [0.717, 1.165) is 6.07 Å². The molecule has 1 N–H and O–H groups in total. The number of carbonyl (C=O) groups is 1. The zero-order valence-electron chi connectivity index (χ0n) is 10.3. The van der Waals surface area contributed by atoms with E-state index >= 15 is 0 Å². The Kier molecular flexibility index (Phi) is 3.02. The van der Waals surface area contributed by atoms with Crippen molar-refractivity contribution in [3.8, 4) is 22.8 Å². The predicted octanol–water partition coefficient (Wildman–Crippen LogP) is 2.34. The normalized spacial score (nSPS) is 13.8. The van der Waals surface area contributed by atoms with Gasteiger partial charge >= 0.3 is 5.97 Å². The molecule has 0 saturated carbocycles. The van der Waals surface area contributed by atoms with Crippen molar-refractivity contribution in [1.29, 1.82) is 0 Å². The molecule has 104 valence electrons. The molecular formula is C13H10FNO5. The minimum atomic E-state index is -1.24. The van der Waals surface area contributed by atoms with E-state index in [0.29, 0.717) is 31.1 Å². The maximum absolute atomic E-state index is 14.0. The quantitative estimate of drug-likeness (QED) is 0.908. The van der Waals surface area contributed by atoms with Gasteiger partial charge in [0.15, 0.2) is 23.0 Å². The maximum Gasteiger partial charge on any atom is 0.358 e. The number of benzene rings is 1. The third kappa shape index (κ3) is 2.18. The molecule has 2 heterocycles. The van der Waals surface area contributed by atoms with Crippen molar-refractivity contribution >= 4 is 5.97 Å². The second-order valence-corrected chi connectivity index (χ2v) is 4.21. The standard InChI is InChI=1S/C13H10FNO5/c14-8-5-12-11(18-2-1-3-19-12)4-7(8)10-6-9(13(16)17)15-20-10/h4-6H,1-3H2,(H,16,17). The Bertz CT molecular complexity index is 667. The summed E-state index contributed by atoms with van der Waals surface area (Å²) >= 11 is 0. The van der Waals surface area contributed by atoms with Crippen LogP contribution in [0.15, 0.2) is 22.7 Å². The lowest BCUT2D eigenvalue weighted by Crippen LogP contribution is -1.97. The number of nitrogens with zero attached hydrogens (tertiary/aromatic N) is 1. The summed E-state index contributed by atoms with van der Waals surface area (Å²) in [5.41, 5.74) is -0.208. The summed E-state index contributed by atoms with van der Waals surface area (Å²) in [5, 5.41) is 12.1. The highest BCUT2D eigenvalue weighted by atomic mass is 19.1. The maximum atomic E-state index is 14.0. The van der Waals surface area contributed by atoms with Gasteiger partial charge < -0.3 is 19.1 Å². The van der Waals surface area contributed by atoms with Crippen LogP contribution < -0.4 is 9.47 Å². The van der Waals surface area contributed by atoms with Gasteiger partial charge in [-0.3, -0.25) is 0 Å². The van der Waals surface area contributed by atoms with Crippen LogP contribution in [0.2, 0.25) is 0 Å². The summed E-state index contributed by atoms with van der Waals surface area (Å²) in [4.78, 5) is 10.7. The van der Waals surface area contributed by atoms with Crippen LogP contribution in [-0.2, 0) is 0 Å². The van der Waals surface area contributed by atoms with Crippen molar-refractivity contribution in [3.63, 3.8) is 0 Å². The molecule has 0 bridgehead atoms. The van der Waals surface area contributed by atoms with Crippen LogP contribution in [-0.4, -0.2) is 29.4 Å². The molecule has 0 amide bonds.